The van der Waals surface area contributed by atoms with Gasteiger partial charge in [-0.25, -0.2) is 4.98 Å². The third kappa shape index (κ3) is 2.34. The molecule has 2 aromatic rings. The minimum Gasteiger partial charge on any atom is -0.303 e. The molecule has 3 heteroatoms. The van der Waals surface area contributed by atoms with E-state index in [2.05, 4.69) is 46.4 Å². The summed E-state index contributed by atoms with van der Waals surface area (Å²) >= 11 is 2.10. The average molecular weight is 246 g/mol. The summed E-state index contributed by atoms with van der Waals surface area (Å²) in [4.78, 5) is 4.47. The third-order valence-corrected chi connectivity index (χ3v) is 4.92. The van der Waals surface area contributed by atoms with Crippen LogP contribution in [0, 0.1) is 6.92 Å². The van der Waals surface area contributed by atoms with Crippen molar-refractivity contribution in [3.63, 3.8) is 0 Å². The van der Waals surface area contributed by atoms with Crippen LogP contribution in [-0.4, -0.2) is 14.6 Å². The van der Waals surface area contributed by atoms with Crippen molar-refractivity contribution >= 4 is 17.4 Å². The van der Waals surface area contributed by atoms with Gasteiger partial charge in [0.25, 0.3) is 0 Å². The SMILES string of the molecule is Cc1ccn2c(CSC3CCCC3)cnc2c1. The number of imidazole rings is 1. The van der Waals surface area contributed by atoms with Gasteiger partial charge < -0.3 is 4.40 Å². The second-order valence-electron chi connectivity index (χ2n) is 4.90. The lowest BCUT2D eigenvalue weighted by Crippen LogP contribution is -1.97. The maximum Gasteiger partial charge on any atom is 0.137 e. The molecule has 1 aliphatic rings. The highest BCUT2D eigenvalue weighted by Gasteiger charge is 2.15. The van der Waals surface area contributed by atoms with E-state index in [1.807, 2.05) is 6.20 Å². The van der Waals surface area contributed by atoms with E-state index < -0.39 is 0 Å². The Morgan fingerprint density at radius 1 is 1.41 bits per heavy atom. The molecule has 1 aliphatic carbocycles. The number of nitrogens with zero attached hydrogens (tertiary/aromatic N) is 2. The lowest BCUT2D eigenvalue weighted by atomic mass is 10.3. The minimum atomic E-state index is 0.881. The molecule has 2 heterocycles. The first-order chi connectivity index (χ1) is 8.33. The Balaban J connectivity index is 1.76. The smallest absolute Gasteiger partial charge is 0.137 e. The van der Waals surface area contributed by atoms with Crippen molar-refractivity contribution < 1.29 is 0 Å². The monoisotopic (exact) mass is 246 g/mol. The Hall–Kier alpha value is -0.960. The van der Waals surface area contributed by atoms with Crippen molar-refractivity contribution in [1.82, 2.24) is 9.38 Å². The molecule has 1 fully saturated rings. The molecule has 2 nitrogen and oxygen atoms in total. The van der Waals surface area contributed by atoms with E-state index in [0.29, 0.717) is 0 Å². The van der Waals surface area contributed by atoms with Crippen LogP contribution >= 0.6 is 11.8 Å². The summed E-state index contributed by atoms with van der Waals surface area (Å²) in [7, 11) is 0. The summed E-state index contributed by atoms with van der Waals surface area (Å²) in [6.45, 7) is 2.11. The van der Waals surface area contributed by atoms with Crippen LogP contribution in [0.1, 0.15) is 36.9 Å². The normalized spacial score (nSPS) is 17.0. The van der Waals surface area contributed by atoms with E-state index in [1.54, 1.807) is 0 Å². The predicted octanol–water partition coefficient (Wildman–Crippen LogP) is 3.82. The van der Waals surface area contributed by atoms with Crippen molar-refractivity contribution in [2.24, 2.45) is 0 Å². The minimum absolute atomic E-state index is 0.881. The van der Waals surface area contributed by atoms with Crippen molar-refractivity contribution in [3.8, 4) is 0 Å². The van der Waals surface area contributed by atoms with Crippen molar-refractivity contribution in [1.29, 1.82) is 0 Å². The second kappa shape index (κ2) is 4.73. The molecule has 17 heavy (non-hydrogen) atoms. The molecule has 0 aliphatic heterocycles. The topological polar surface area (TPSA) is 17.3 Å². The number of thioether (sulfide) groups is 1. The zero-order valence-electron chi connectivity index (χ0n) is 10.2. The number of aryl methyl sites for hydroxylation is 1. The van der Waals surface area contributed by atoms with Gasteiger partial charge in [0, 0.05) is 17.2 Å². The Morgan fingerprint density at radius 2 is 2.24 bits per heavy atom. The predicted molar refractivity (Wildman–Crippen MR) is 73.5 cm³/mol. The molecule has 0 atom stereocenters. The summed E-state index contributed by atoms with van der Waals surface area (Å²) in [5.41, 5.74) is 3.68. The highest BCUT2D eigenvalue weighted by atomic mass is 32.2. The first kappa shape index (κ1) is 11.1. The summed E-state index contributed by atoms with van der Waals surface area (Å²) in [6, 6.07) is 4.29. The van der Waals surface area contributed by atoms with Gasteiger partial charge in [-0.15, -0.1) is 0 Å². The lowest BCUT2D eigenvalue weighted by molar-refractivity contribution is 0.886. The molecule has 0 spiro atoms. The van der Waals surface area contributed by atoms with Gasteiger partial charge in [-0.3, -0.25) is 0 Å². The van der Waals surface area contributed by atoms with Crippen LogP contribution in [0.4, 0.5) is 0 Å². The Labute approximate surface area is 106 Å². The summed E-state index contributed by atoms with van der Waals surface area (Å²) in [5, 5.41) is 0.881. The summed E-state index contributed by atoms with van der Waals surface area (Å²) in [6.07, 6.45) is 9.81. The van der Waals surface area contributed by atoms with Crippen LogP contribution in [0.25, 0.3) is 5.65 Å². The van der Waals surface area contributed by atoms with Crippen molar-refractivity contribution in [2.45, 2.75) is 43.6 Å². The number of rotatable bonds is 3. The number of fused-ring (bicyclic) bond motifs is 1. The Bertz CT molecular complexity index is 512. The molecule has 0 N–H and O–H groups in total. The van der Waals surface area contributed by atoms with Gasteiger partial charge in [-0.05, 0) is 37.5 Å². The van der Waals surface area contributed by atoms with Crippen LogP contribution < -0.4 is 0 Å². The van der Waals surface area contributed by atoms with Gasteiger partial charge >= 0.3 is 0 Å². The summed E-state index contributed by atoms with van der Waals surface area (Å²) < 4.78 is 2.22. The van der Waals surface area contributed by atoms with E-state index in [0.717, 1.165) is 16.6 Å². The fourth-order valence-corrected chi connectivity index (χ4v) is 3.79. The first-order valence-electron chi connectivity index (χ1n) is 6.37. The maximum absolute atomic E-state index is 4.47. The standard InChI is InChI=1S/C14H18N2S/c1-11-6-7-16-12(9-15-14(16)8-11)10-17-13-4-2-3-5-13/h6-9,13H,2-5,10H2,1H3. The van der Waals surface area contributed by atoms with Crippen LogP contribution in [0.2, 0.25) is 0 Å². The number of aromatic nitrogens is 2. The molecular formula is C14H18N2S. The highest BCUT2D eigenvalue weighted by Crippen LogP contribution is 2.31. The fraction of sp³-hybridized carbons (Fsp3) is 0.500. The molecular weight excluding hydrogens is 228 g/mol. The van der Waals surface area contributed by atoms with Gasteiger partial charge in [0.15, 0.2) is 0 Å². The molecule has 90 valence electrons. The number of hydrogen-bond donors (Lipinski definition) is 0. The van der Waals surface area contributed by atoms with Crippen molar-refractivity contribution in [3.05, 3.63) is 35.8 Å². The quantitative estimate of drug-likeness (QED) is 0.819. The number of hydrogen-bond acceptors (Lipinski definition) is 2. The third-order valence-electron chi connectivity index (χ3n) is 3.51. The van der Waals surface area contributed by atoms with Gasteiger partial charge in [0.05, 0.1) is 11.9 Å². The Kier molecular flexibility index (Phi) is 3.10. The highest BCUT2D eigenvalue weighted by molar-refractivity contribution is 7.99. The van der Waals surface area contributed by atoms with E-state index in [-0.39, 0.29) is 0 Å². The first-order valence-corrected chi connectivity index (χ1v) is 7.42. The maximum atomic E-state index is 4.47. The van der Waals surface area contributed by atoms with E-state index in [4.69, 9.17) is 0 Å². The summed E-state index contributed by atoms with van der Waals surface area (Å²) in [5.74, 6) is 1.09. The molecule has 3 rings (SSSR count). The number of pyridine rings is 1. The molecule has 0 aromatic carbocycles. The molecule has 2 aromatic heterocycles. The zero-order valence-corrected chi connectivity index (χ0v) is 11.0. The van der Waals surface area contributed by atoms with E-state index in [1.165, 1.54) is 36.9 Å². The molecule has 0 bridgehead atoms. The van der Waals surface area contributed by atoms with Crippen LogP contribution in [0.15, 0.2) is 24.5 Å². The van der Waals surface area contributed by atoms with Crippen LogP contribution in [-0.2, 0) is 5.75 Å². The Morgan fingerprint density at radius 3 is 3.06 bits per heavy atom. The molecule has 1 saturated carbocycles. The van der Waals surface area contributed by atoms with E-state index >= 15 is 0 Å². The van der Waals surface area contributed by atoms with Gasteiger partial charge in [0.2, 0.25) is 0 Å². The molecule has 0 radical (unpaired) electrons. The van der Waals surface area contributed by atoms with Crippen LogP contribution in [0.5, 0.6) is 0 Å². The second-order valence-corrected chi connectivity index (χ2v) is 6.19. The fourth-order valence-electron chi connectivity index (χ4n) is 2.50. The van der Waals surface area contributed by atoms with Gasteiger partial charge in [-0.2, -0.15) is 11.8 Å². The van der Waals surface area contributed by atoms with Gasteiger partial charge in [-0.1, -0.05) is 12.8 Å². The molecule has 0 amide bonds. The van der Waals surface area contributed by atoms with Gasteiger partial charge in [0.1, 0.15) is 5.65 Å². The zero-order chi connectivity index (χ0) is 11.7. The molecule has 0 unspecified atom stereocenters. The lowest BCUT2D eigenvalue weighted by Gasteiger charge is -2.08. The average Bonchev–Trinajstić information content (AvgIpc) is 2.94. The van der Waals surface area contributed by atoms with Crippen molar-refractivity contribution in [2.75, 3.05) is 0 Å². The van der Waals surface area contributed by atoms with Crippen LogP contribution in [0.3, 0.4) is 0 Å². The van der Waals surface area contributed by atoms with E-state index in [9.17, 15) is 0 Å². The largest absolute Gasteiger partial charge is 0.303 e. The molecule has 0 saturated heterocycles.